The first-order chi connectivity index (χ1) is 8.78. The van der Waals surface area contributed by atoms with Gasteiger partial charge in [0.25, 0.3) is 0 Å². The van der Waals surface area contributed by atoms with Crippen LogP contribution in [-0.2, 0) is 11.0 Å². The third-order valence-electron chi connectivity index (χ3n) is 4.08. The molecule has 19 heavy (non-hydrogen) atoms. The summed E-state index contributed by atoms with van der Waals surface area (Å²) >= 11 is 6.43. The third kappa shape index (κ3) is 2.75. The summed E-state index contributed by atoms with van der Waals surface area (Å²) < 4.78 is 5.55. The standard InChI is InChI=1S/C16H24ClNO/c1-15(2,3)11-9-12(14(19-5)13(17)10-11)16(4)7-6-8-18-16/h9-10,18H,6-8H2,1-5H3. The van der Waals surface area contributed by atoms with E-state index in [-0.39, 0.29) is 11.0 Å². The molecule has 3 heteroatoms. The van der Waals surface area contributed by atoms with Crippen molar-refractivity contribution in [1.29, 1.82) is 0 Å². The monoisotopic (exact) mass is 281 g/mol. The second-order valence-electron chi connectivity index (χ2n) is 6.65. The first-order valence-electron chi connectivity index (χ1n) is 6.91. The molecule has 0 bridgehead atoms. The van der Waals surface area contributed by atoms with Crippen LogP contribution in [0.5, 0.6) is 5.75 Å². The van der Waals surface area contributed by atoms with Gasteiger partial charge in [0.05, 0.1) is 12.1 Å². The number of benzene rings is 1. The van der Waals surface area contributed by atoms with Crippen molar-refractivity contribution in [3.05, 3.63) is 28.3 Å². The minimum absolute atomic E-state index is 0.0315. The molecule has 0 amide bonds. The zero-order valence-corrected chi connectivity index (χ0v) is 13.3. The Balaban J connectivity index is 2.60. The summed E-state index contributed by atoms with van der Waals surface area (Å²) in [5.41, 5.74) is 2.49. The van der Waals surface area contributed by atoms with Crippen molar-refractivity contribution in [2.24, 2.45) is 0 Å². The van der Waals surface area contributed by atoms with E-state index in [2.05, 4.69) is 39.1 Å². The summed E-state index contributed by atoms with van der Waals surface area (Å²) in [6.07, 6.45) is 2.31. The van der Waals surface area contributed by atoms with Crippen LogP contribution in [-0.4, -0.2) is 13.7 Å². The highest BCUT2D eigenvalue weighted by molar-refractivity contribution is 6.32. The molecular weight excluding hydrogens is 258 g/mol. The maximum absolute atomic E-state index is 6.43. The average Bonchev–Trinajstić information content (AvgIpc) is 2.75. The van der Waals surface area contributed by atoms with Crippen LogP contribution < -0.4 is 10.1 Å². The number of halogens is 1. The molecule has 0 radical (unpaired) electrons. The fourth-order valence-corrected chi connectivity index (χ4v) is 3.06. The van der Waals surface area contributed by atoms with Crippen molar-refractivity contribution in [3.8, 4) is 5.75 Å². The molecule has 1 aliphatic heterocycles. The lowest BCUT2D eigenvalue weighted by Crippen LogP contribution is -2.34. The van der Waals surface area contributed by atoms with Crippen LogP contribution in [0.2, 0.25) is 5.02 Å². The minimum Gasteiger partial charge on any atom is -0.495 e. The zero-order chi connectivity index (χ0) is 14.3. The lowest BCUT2D eigenvalue weighted by atomic mass is 9.82. The van der Waals surface area contributed by atoms with E-state index < -0.39 is 0 Å². The largest absolute Gasteiger partial charge is 0.495 e. The molecule has 0 saturated carbocycles. The van der Waals surface area contributed by atoms with E-state index in [1.165, 1.54) is 17.5 Å². The normalized spacial score (nSPS) is 23.7. The van der Waals surface area contributed by atoms with Gasteiger partial charge in [0.1, 0.15) is 5.75 Å². The van der Waals surface area contributed by atoms with Gasteiger partial charge < -0.3 is 10.1 Å². The van der Waals surface area contributed by atoms with Crippen molar-refractivity contribution < 1.29 is 4.74 Å². The topological polar surface area (TPSA) is 21.3 Å². The Morgan fingerprint density at radius 1 is 1.32 bits per heavy atom. The van der Waals surface area contributed by atoms with E-state index in [0.717, 1.165) is 18.7 Å². The summed E-state index contributed by atoms with van der Waals surface area (Å²) in [6, 6.07) is 4.28. The molecule has 1 aliphatic rings. The molecule has 1 aromatic rings. The van der Waals surface area contributed by atoms with Crippen LogP contribution in [0.25, 0.3) is 0 Å². The molecular formula is C16H24ClNO. The number of hydrogen-bond acceptors (Lipinski definition) is 2. The molecule has 106 valence electrons. The van der Waals surface area contributed by atoms with E-state index in [1.54, 1.807) is 7.11 Å². The number of methoxy groups -OCH3 is 1. The summed E-state index contributed by atoms with van der Waals surface area (Å²) in [7, 11) is 1.69. The number of rotatable bonds is 2. The molecule has 2 nitrogen and oxygen atoms in total. The molecule has 1 aromatic carbocycles. The summed E-state index contributed by atoms with van der Waals surface area (Å²) in [5, 5.41) is 4.30. The van der Waals surface area contributed by atoms with Crippen molar-refractivity contribution in [2.45, 2.75) is 51.5 Å². The molecule has 1 saturated heterocycles. The summed E-state index contributed by atoms with van der Waals surface area (Å²) in [4.78, 5) is 0. The maximum Gasteiger partial charge on any atom is 0.142 e. The number of nitrogens with one attached hydrogen (secondary N) is 1. The SMILES string of the molecule is COc1c(Cl)cc(C(C)(C)C)cc1C1(C)CCCN1. The van der Waals surface area contributed by atoms with Gasteiger partial charge in [0.15, 0.2) is 0 Å². The van der Waals surface area contributed by atoms with Crippen LogP contribution in [0, 0.1) is 0 Å². The van der Waals surface area contributed by atoms with Crippen molar-refractivity contribution in [2.75, 3.05) is 13.7 Å². The van der Waals surface area contributed by atoms with Gasteiger partial charge in [-0.25, -0.2) is 0 Å². The van der Waals surface area contributed by atoms with Gasteiger partial charge in [-0.05, 0) is 49.4 Å². The zero-order valence-electron chi connectivity index (χ0n) is 12.6. The van der Waals surface area contributed by atoms with Crippen LogP contribution in [0.4, 0.5) is 0 Å². The van der Waals surface area contributed by atoms with Crippen molar-refractivity contribution in [1.82, 2.24) is 5.32 Å². The predicted octanol–water partition coefficient (Wildman–Crippen LogP) is 4.24. The quantitative estimate of drug-likeness (QED) is 0.875. The molecule has 2 rings (SSSR count). The molecule has 0 spiro atoms. The van der Waals surface area contributed by atoms with E-state index >= 15 is 0 Å². The Morgan fingerprint density at radius 3 is 2.47 bits per heavy atom. The first kappa shape index (κ1) is 14.7. The summed E-state index contributed by atoms with van der Waals surface area (Å²) in [5.74, 6) is 0.812. The predicted molar refractivity (Wildman–Crippen MR) is 81.3 cm³/mol. The second-order valence-corrected chi connectivity index (χ2v) is 7.06. The van der Waals surface area contributed by atoms with Gasteiger partial charge in [0.2, 0.25) is 0 Å². The van der Waals surface area contributed by atoms with Gasteiger partial charge in [-0.3, -0.25) is 0 Å². The lowest BCUT2D eigenvalue weighted by molar-refractivity contribution is 0.370. The molecule has 1 atom stereocenters. The Kier molecular flexibility index (Phi) is 3.85. The molecule has 1 unspecified atom stereocenters. The highest BCUT2D eigenvalue weighted by Crippen LogP contribution is 2.42. The van der Waals surface area contributed by atoms with E-state index in [9.17, 15) is 0 Å². The molecule has 1 heterocycles. The maximum atomic E-state index is 6.43. The van der Waals surface area contributed by atoms with Gasteiger partial charge >= 0.3 is 0 Å². The molecule has 1 fully saturated rings. The lowest BCUT2D eigenvalue weighted by Gasteiger charge is -2.30. The minimum atomic E-state index is -0.0315. The van der Waals surface area contributed by atoms with Gasteiger partial charge in [-0.15, -0.1) is 0 Å². The van der Waals surface area contributed by atoms with Crippen molar-refractivity contribution in [3.63, 3.8) is 0 Å². The Morgan fingerprint density at radius 2 is 2.00 bits per heavy atom. The summed E-state index contributed by atoms with van der Waals surface area (Å²) in [6.45, 7) is 9.91. The van der Waals surface area contributed by atoms with Crippen LogP contribution in [0.1, 0.15) is 51.7 Å². The number of ether oxygens (including phenoxy) is 1. The van der Waals surface area contributed by atoms with E-state index in [4.69, 9.17) is 16.3 Å². The third-order valence-corrected chi connectivity index (χ3v) is 4.36. The van der Waals surface area contributed by atoms with Gasteiger partial charge in [-0.1, -0.05) is 32.4 Å². The highest BCUT2D eigenvalue weighted by atomic mass is 35.5. The van der Waals surface area contributed by atoms with E-state index in [1.807, 2.05) is 6.07 Å². The first-order valence-corrected chi connectivity index (χ1v) is 7.29. The fraction of sp³-hybridized carbons (Fsp3) is 0.625. The Labute approximate surface area is 121 Å². The highest BCUT2D eigenvalue weighted by Gasteiger charge is 2.34. The molecule has 1 N–H and O–H groups in total. The Bertz CT molecular complexity index is 470. The molecule has 0 aromatic heterocycles. The van der Waals surface area contributed by atoms with Gasteiger partial charge in [-0.2, -0.15) is 0 Å². The number of hydrogen-bond donors (Lipinski definition) is 1. The smallest absolute Gasteiger partial charge is 0.142 e. The van der Waals surface area contributed by atoms with Crippen LogP contribution in [0.15, 0.2) is 12.1 Å². The Hall–Kier alpha value is -0.730. The second kappa shape index (κ2) is 4.99. The average molecular weight is 282 g/mol. The fourth-order valence-electron chi connectivity index (χ4n) is 2.77. The molecule has 0 aliphatic carbocycles. The van der Waals surface area contributed by atoms with Crippen LogP contribution in [0.3, 0.4) is 0 Å². The van der Waals surface area contributed by atoms with E-state index in [0.29, 0.717) is 5.02 Å². The van der Waals surface area contributed by atoms with Gasteiger partial charge in [0, 0.05) is 11.1 Å². The van der Waals surface area contributed by atoms with Crippen molar-refractivity contribution >= 4 is 11.6 Å². The van der Waals surface area contributed by atoms with Crippen LogP contribution >= 0.6 is 11.6 Å².